The van der Waals surface area contributed by atoms with Crippen molar-refractivity contribution in [3.63, 3.8) is 0 Å². The molecule has 18 heavy (non-hydrogen) atoms. The summed E-state index contributed by atoms with van der Waals surface area (Å²) in [6.45, 7) is 5.70. The highest BCUT2D eigenvalue weighted by molar-refractivity contribution is 5.58. The molecule has 0 radical (unpaired) electrons. The molecule has 1 aromatic rings. The summed E-state index contributed by atoms with van der Waals surface area (Å²) >= 11 is 0. The van der Waals surface area contributed by atoms with E-state index < -0.39 is 0 Å². The fourth-order valence-corrected chi connectivity index (χ4v) is 2.49. The number of aryl methyl sites for hydroxylation is 1. The zero-order valence-corrected chi connectivity index (χ0v) is 11.2. The smallest absolute Gasteiger partial charge is 0.169 e. The minimum absolute atomic E-state index is 0.415. The summed E-state index contributed by atoms with van der Waals surface area (Å²) in [5, 5.41) is 21.0. The fraction of sp³-hybridized carbons (Fsp3) is 0.615. The lowest BCUT2D eigenvalue weighted by molar-refractivity contribution is 0.608. The molecule has 96 valence electrons. The maximum absolute atomic E-state index is 9.34. The Morgan fingerprint density at radius 3 is 2.89 bits per heavy atom. The summed E-state index contributed by atoms with van der Waals surface area (Å²) in [4.78, 5) is 2.22. The normalized spacial score (nSPS) is 19.0. The first kappa shape index (κ1) is 12.8. The largest absolute Gasteiger partial charge is 0.350 e. The molecule has 1 aliphatic rings. The van der Waals surface area contributed by atoms with Crippen LogP contribution in [0.1, 0.15) is 29.7 Å². The van der Waals surface area contributed by atoms with Gasteiger partial charge in [0.2, 0.25) is 0 Å². The number of aromatic nitrogens is 2. The zero-order chi connectivity index (χ0) is 13.1. The van der Waals surface area contributed by atoms with Gasteiger partial charge in [0, 0.05) is 19.1 Å². The predicted octanol–water partition coefficient (Wildman–Crippen LogP) is 1.15. The third-order valence-electron chi connectivity index (χ3n) is 3.64. The van der Waals surface area contributed by atoms with Crippen LogP contribution in [0.25, 0.3) is 0 Å². The number of anilines is 1. The van der Waals surface area contributed by atoms with Gasteiger partial charge in [-0.15, -0.1) is 5.10 Å². The number of likely N-dealkylation sites (N-methyl/N-ethyl adjacent to an activating group) is 1. The first-order valence-corrected chi connectivity index (χ1v) is 6.34. The van der Waals surface area contributed by atoms with E-state index in [0.717, 1.165) is 43.0 Å². The first-order chi connectivity index (χ1) is 8.69. The molecular formula is C13H19N5. The van der Waals surface area contributed by atoms with E-state index in [9.17, 15) is 5.26 Å². The molecular weight excluding hydrogens is 226 g/mol. The van der Waals surface area contributed by atoms with Gasteiger partial charge in [-0.2, -0.15) is 10.4 Å². The molecule has 0 saturated carbocycles. The Morgan fingerprint density at radius 2 is 2.22 bits per heavy atom. The van der Waals surface area contributed by atoms with Crippen LogP contribution in [0.5, 0.6) is 0 Å². The lowest BCUT2D eigenvalue weighted by Crippen LogP contribution is -2.38. The molecule has 2 rings (SSSR count). The topological polar surface area (TPSA) is 64.8 Å². The summed E-state index contributed by atoms with van der Waals surface area (Å²) in [5.74, 6) is 0.748. The van der Waals surface area contributed by atoms with Gasteiger partial charge in [0.15, 0.2) is 5.82 Å². The molecule has 1 saturated heterocycles. The van der Waals surface area contributed by atoms with Crippen LogP contribution in [0.4, 0.5) is 5.82 Å². The molecule has 1 unspecified atom stereocenters. The van der Waals surface area contributed by atoms with Crippen molar-refractivity contribution in [3.05, 3.63) is 16.8 Å². The SMILES string of the molecule is CNCC1CCCN1c1nnc(C)c(C)c1C#N. The van der Waals surface area contributed by atoms with Crippen LogP contribution in [0.15, 0.2) is 0 Å². The molecule has 1 atom stereocenters. The maximum atomic E-state index is 9.34. The highest BCUT2D eigenvalue weighted by Gasteiger charge is 2.28. The van der Waals surface area contributed by atoms with E-state index in [0.29, 0.717) is 11.6 Å². The summed E-state index contributed by atoms with van der Waals surface area (Å²) in [6, 6.07) is 2.69. The molecule has 1 aliphatic heterocycles. The fourth-order valence-electron chi connectivity index (χ4n) is 2.49. The van der Waals surface area contributed by atoms with E-state index in [2.05, 4.69) is 26.5 Å². The maximum Gasteiger partial charge on any atom is 0.169 e. The van der Waals surface area contributed by atoms with E-state index in [1.54, 1.807) is 0 Å². The Morgan fingerprint density at radius 1 is 1.44 bits per heavy atom. The molecule has 0 amide bonds. The van der Waals surface area contributed by atoms with Gasteiger partial charge in [-0.05, 0) is 39.3 Å². The molecule has 0 bridgehead atoms. The standard InChI is InChI=1S/C13H19N5/c1-9-10(2)16-17-13(12(9)7-14)18-6-4-5-11(18)8-15-3/h11,15H,4-6,8H2,1-3H3. The van der Waals surface area contributed by atoms with Crippen molar-refractivity contribution in [2.75, 3.05) is 25.0 Å². The number of nitrogens with zero attached hydrogens (tertiary/aromatic N) is 4. The lowest BCUT2D eigenvalue weighted by atomic mass is 10.1. The van der Waals surface area contributed by atoms with Crippen LogP contribution in [0.2, 0.25) is 0 Å². The second kappa shape index (κ2) is 5.32. The van der Waals surface area contributed by atoms with Crippen LogP contribution in [-0.2, 0) is 0 Å². The van der Waals surface area contributed by atoms with Gasteiger partial charge in [0.25, 0.3) is 0 Å². The third kappa shape index (κ3) is 2.16. The Kier molecular flexibility index (Phi) is 3.78. The van der Waals surface area contributed by atoms with Gasteiger partial charge in [0.05, 0.1) is 5.69 Å². The van der Waals surface area contributed by atoms with Crippen molar-refractivity contribution in [2.24, 2.45) is 0 Å². The van der Waals surface area contributed by atoms with Crippen molar-refractivity contribution in [1.82, 2.24) is 15.5 Å². The predicted molar refractivity (Wildman–Crippen MR) is 70.5 cm³/mol. The highest BCUT2D eigenvalue weighted by Crippen LogP contribution is 2.28. The van der Waals surface area contributed by atoms with Crippen LogP contribution < -0.4 is 10.2 Å². The van der Waals surface area contributed by atoms with Crippen molar-refractivity contribution in [3.8, 4) is 6.07 Å². The molecule has 0 spiro atoms. The van der Waals surface area contributed by atoms with E-state index >= 15 is 0 Å². The lowest BCUT2D eigenvalue weighted by Gasteiger charge is -2.26. The monoisotopic (exact) mass is 245 g/mol. The van der Waals surface area contributed by atoms with Crippen LogP contribution in [-0.4, -0.2) is 36.4 Å². The molecule has 1 fully saturated rings. The van der Waals surface area contributed by atoms with Gasteiger partial charge in [-0.3, -0.25) is 0 Å². The van der Waals surface area contributed by atoms with Crippen molar-refractivity contribution >= 4 is 5.82 Å². The summed E-state index contributed by atoms with van der Waals surface area (Å²) in [6.07, 6.45) is 2.28. The Hall–Kier alpha value is -1.67. The number of hydrogen-bond donors (Lipinski definition) is 1. The van der Waals surface area contributed by atoms with Crippen LogP contribution >= 0.6 is 0 Å². The number of hydrogen-bond acceptors (Lipinski definition) is 5. The second-order valence-electron chi connectivity index (χ2n) is 4.77. The number of rotatable bonds is 3. The minimum atomic E-state index is 0.415. The number of nitriles is 1. The summed E-state index contributed by atoms with van der Waals surface area (Å²) in [5.41, 5.74) is 2.45. The van der Waals surface area contributed by atoms with Gasteiger partial charge in [0.1, 0.15) is 11.6 Å². The molecule has 5 heteroatoms. The van der Waals surface area contributed by atoms with Crippen LogP contribution in [0.3, 0.4) is 0 Å². The third-order valence-corrected chi connectivity index (χ3v) is 3.64. The minimum Gasteiger partial charge on any atom is -0.350 e. The number of nitrogens with one attached hydrogen (secondary N) is 1. The average molecular weight is 245 g/mol. The van der Waals surface area contributed by atoms with Gasteiger partial charge in [-0.25, -0.2) is 0 Å². The Balaban J connectivity index is 2.39. The van der Waals surface area contributed by atoms with E-state index in [-0.39, 0.29) is 0 Å². The molecule has 1 aromatic heterocycles. The van der Waals surface area contributed by atoms with Gasteiger partial charge < -0.3 is 10.2 Å². The van der Waals surface area contributed by atoms with Crippen molar-refractivity contribution in [2.45, 2.75) is 32.7 Å². The Labute approximate surface area is 108 Å². The molecule has 0 aliphatic carbocycles. The van der Waals surface area contributed by atoms with Crippen molar-refractivity contribution < 1.29 is 0 Å². The highest BCUT2D eigenvalue weighted by atomic mass is 15.3. The average Bonchev–Trinajstić information content (AvgIpc) is 2.81. The van der Waals surface area contributed by atoms with Gasteiger partial charge >= 0.3 is 0 Å². The molecule has 5 nitrogen and oxygen atoms in total. The first-order valence-electron chi connectivity index (χ1n) is 6.34. The quantitative estimate of drug-likeness (QED) is 0.865. The van der Waals surface area contributed by atoms with E-state index in [1.165, 1.54) is 0 Å². The molecule has 2 heterocycles. The summed E-state index contributed by atoms with van der Waals surface area (Å²) in [7, 11) is 1.95. The zero-order valence-electron chi connectivity index (χ0n) is 11.2. The molecule has 1 N–H and O–H groups in total. The summed E-state index contributed by atoms with van der Waals surface area (Å²) < 4.78 is 0. The van der Waals surface area contributed by atoms with Gasteiger partial charge in [-0.1, -0.05) is 0 Å². The van der Waals surface area contributed by atoms with Crippen molar-refractivity contribution in [1.29, 1.82) is 5.26 Å². The Bertz CT molecular complexity index is 477. The van der Waals surface area contributed by atoms with E-state index in [4.69, 9.17) is 0 Å². The van der Waals surface area contributed by atoms with E-state index in [1.807, 2.05) is 20.9 Å². The molecule has 0 aromatic carbocycles. The second-order valence-corrected chi connectivity index (χ2v) is 4.77. The van der Waals surface area contributed by atoms with Crippen LogP contribution in [0, 0.1) is 25.2 Å².